The fourth-order valence-corrected chi connectivity index (χ4v) is 3.24. The summed E-state index contributed by atoms with van der Waals surface area (Å²) in [5, 5.41) is 6.01. The molecular weight excluding hydrogens is 246 g/mol. The molecule has 0 aliphatic heterocycles. The van der Waals surface area contributed by atoms with Crippen molar-refractivity contribution in [1.29, 1.82) is 0 Å². The summed E-state index contributed by atoms with van der Waals surface area (Å²) < 4.78 is 6.22. The lowest BCUT2D eigenvalue weighted by molar-refractivity contribution is -0.00313. The topological polar surface area (TPSA) is 21.3 Å². The third-order valence-electron chi connectivity index (χ3n) is 4.41. The minimum Gasteiger partial charge on any atom is -0.372 e. The van der Waals surface area contributed by atoms with Crippen LogP contribution >= 0.6 is 0 Å². The molecule has 2 aromatic carbocycles. The zero-order valence-electron chi connectivity index (χ0n) is 12.1. The van der Waals surface area contributed by atoms with Gasteiger partial charge in [0.05, 0.1) is 12.7 Å². The van der Waals surface area contributed by atoms with Crippen molar-refractivity contribution in [1.82, 2.24) is 5.32 Å². The van der Waals surface area contributed by atoms with E-state index in [0.29, 0.717) is 18.8 Å². The van der Waals surface area contributed by atoms with Crippen LogP contribution in [-0.4, -0.2) is 19.2 Å². The highest BCUT2D eigenvalue weighted by molar-refractivity contribution is 5.85. The molecule has 0 amide bonds. The molecule has 0 aromatic heterocycles. The summed E-state index contributed by atoms with van der Waals surface area (Å²) in [5.41, 5.74) is 1.29. The van der Waals surface area contributed by atoms with Gasteiger partial charge < -0.3 is 10.1 Å². The predicted molar refractivity (Wildman–Crippen MR) is 83.8 cm³/mol. The van der Waals surface area contributed by atoms with Gasteiger partial charge in [0.25, 0.3) is 0 Å². The number of hydrogen-bond donors (Lipinski definition) is 1. The number of likely N-dealkylation sites (N-methyl/N-ethyl adjacent to an activating group) is 1. The second-order valence-electron chi connectivity index (χ2n) is 5.67. The molecule has 3 rings (SSSR count). The van der Waals surface area contributed by atoms with E-state index in [0.717, 1.165) is 0 Å². The second kappa shape index (κ2) is 6.38. The fourth-order valence-electron chi connectivity index (χ4n) is 3.24. The van der Waals surface area contributed by atoms with Gasteiger partial charge in [0.2, 0.25) is 0 Å². The Morgan fingerprint density at radius 3 is 2.75 bits per heavy atom. The van der Waals surface area contributed by atoms with E-state index in [1.807, 2.05) is 7.05 Å². The van der Waals surface area contributed by atoms with Crippen molar-refractivity contribution in [2.24, 2.45) is 0 Å². The van der Waals surface area contributed by atoms with Gasteiger partial charge in [-0.2, -0.15) is 0 Å². The molecule has 1 aliphatic carbocycles. The first-order chi connectivity index (χ1) is 9.88. The normalized spacial score (nSPS) is 23.1. The van der Waals surface area contributed by atoms with E-state index in [1.54, 1.807) is 0 Å². The summed E-state index contributed by atoms with van der Waals surface area (Å²) in [6, 6.07) is 15.5. The van der Waals surface area contributed by atoms with Crippen LogP contribution in [0.1, 0.15) is 31.2 Å². The highest BCUT2D eigenvalue weighted by Crippen LogP contribution is 2.24. The van der Waals surface area contributed by atoms with Crippen LogP contribution in [0.4, 0.5) is 0 Å². The Balaban J connectivity index is 1.73. The van der Waals surface area contributed by atoms with Crippen LogP contribution in [0.25, 0.3) is 10.8 Å². The van der Waals surface area contributed by atoms with Crippen molar-refractivity contribution < 1.29 is 4.74 Å². The molecule has 1 aliphatic rings. The Morgan fingerprint density at radius 2 is 1.85 bits per heavy atom. The van der Waals surface area contributed by atoms with Crippen LogP contribution < -0.4 is 5.32 Å². The fraction of sp³-hybridized carbons (Fsp3) is 0.444. The average molecular weight is 269 g/mol. The predicted octanol–water partition coefficient (Wildman–Crippen LogP) is 3.89. The molecule has 2 aromatic rings. The first kappa shape index (κ1) is 13.6. The summed E-state index contributed by atoms with van der Waals surface area (Å²) in [5.74, 6) is 0. The number of hydrogen-bond acceptors (Lipinski definition) is 2. The van der Waals surface area contributed by atoms with Gasteiger partial charge in [-0.1, -0.05) is 55.3 Å². The molecule has 2 nitrogen and oxygen atoms in total. The zero-order valence-corrected chi connectivity index (χ0v) is 12.1. The number of ether oxygens (including phenoxy) is 1. The monoisotopic (exact) mass is 269 g/mol. The number of nitrogens with one attached hydrogen (secondary N) is 1. The van der Waals surface area contributed by atoms with Gasteiger partial charge in [-0.3, -0.25) is 0 Å². The van der Waals surface area contributed by atoms with E-state index in [4.69, 9.17) is 4.74 Å². The van der Waals surface area contributed by atoms with Gasteiger partial charge in [-0.05, 0) is 36.2 Å². The molecule has 1 N–H and O–H groups in total. The van der Waals surface area contributed by atoms with Crippen molar-refractivity contribution >= 4 is 10.8 Å². The van der Waals surface area contributed by atoms with Crippen LogP contribution in [0.2, 0.25) is 0 Å². The molecule has 0 heterocycles. The molecule has 0 spiro atoms. The van der Waals surface area contributed by atoms with Gasteiger partial charge in [0.15, 0.2) is 0 Å². The smallest absolute Gasteiger partial charge is 0.0732 e. The van der Waals surface area contributed by atoms with Gasteiger partial charge in [0, 0.05) is 6.04 Å². The van der Waals surface area contributed by atoms with E-state index >= 15 is 0 Å². The molecule has 1 fully saturated rings. The lowest BCUT2D eigenvalue weighted by atomic mass is 9.92. The summed E-state index contributed by atoms with van der Waals surface area (Å²) in [6.45, 7) is 0.713. The number of fused-ring (bicyclic) bond motifs is 1. The minimum absolute atomic E-state index is 0.354. The summed E-state index contributed by atoms with van der Waals surface area (Å²) in [6.07, 6.45) is 5.37. The van der Waals surface area contributed by atoms with Crippen LogP contribution in [0.5, 0.6) is 0 Å². The SMILES string of the molecule is CNC1CCCCC1OCc1cccc2ccccc12. The second-order valence-corrected chi connectivity index (χ2v) is 5.67. The van der Waals surface area contributed by atoms with Gasteiger partial charge >= 0.3 is 0 Å². The molecule has 106 valence electrons. The molecular formula is C18H23NO. The van der Waals surface area contributed by atoms with Crippen molar-refractivity contribution in [3.05, 3.63) is 48.0 Å². The van der Waals surface area contributed by atoms with Gasteiger partial charge in [0.1, 0.15) is 0 Å². The van der Waals surface area contributed by atoms with Gasteiger partial charge in [-0.15, -0.1) is 0 Å². The van der Waals surface area contributed by atoms with Crippen LogP contribution in [0.3, 0.4) is 0 Å². The Kier molecular flexibility index (Phi) is 4.34. The van der Waals surface area contributed by atoms with Crippen LogP contribution in [-0.2, 0) is 11.3 Å². The quantitative estimate of drug-likeness (QED) is 0.909. The van der Waals surface area contributed by atoms with E-state index in [-0.39, 0.29) is 0 Å². The Hall–Kier alpha value is -1.38. The van der Waals surface area contributed by atoms with Crippen molar-refractivity contribution in [3.8, 4) is 0 Å². The lowest BCUT2D eigenvalue weighted by Crippen LogP contribution is -2.41. The van der Waals surface area contributed by atoms with E-state index < -0.39 is 0 Å². The van der Waals surface area contributed by atoms with Gasteiger partial charge in [-0.25, -0.2) is 0 Å². The van der Waals surface area contributed by atoms with Crippen molar-refractivity contribution in [2.45, 2.75) is 44.4 Å². The lowest BCUT2D eigenvalue weighted by Gasteiger charge is -2.31. The minimum atomic E-state index is 0.354. The first-order valence-electron chi connectivity index (χ1n) is 7.64. The average Bonchev–Trinajstić information content (AvgIpc) is 2.53. The Labute approximate surface area is 121 Å². The standard InChI is InChI=1S/C18H23NO/c1-19-17-11-4-5-12-18(17)20-13-15-9-6-8-14-7-2-3-10-16(14)15/h2-3,6-10,17-19H,4-5,11-13H2,1H3. The maximum Gasteiger partial charge on any atom is 0.0732 e. The molecule has 20 heavy (non-hydrogen) atoms. The largest absolute Gasteiger partial charge is 0.372 e. The molecule has 0 saturated heterocycles. The van der Waals surface area contributed by atoms with Crippen LogP contribution in [0.15, 0.2) is 42.5 Å². The van der Waals surface area contributed by atoms with E-state index in [2.05, 4.69) is 47.8 Å². The van der Waals surface area contributed by atoms with E-state index in [9.17, 15) is 0 Å². The maximum atomic E-state index is 6.22. The first-order valence-corrected chi connectivity index (χ1v) is 7.64. The summed E-state index contributed by atoms with van der Waals surface area (Å²) in [4.78, 5) is 0. The molecule has 2 unspecified atom stereocenters. The summed E-state index contributed by atoms with van der Waals surface area (Å²) in [7, 11) is 2.05. The van der Waals surface area contributed by atoms with E-state index in [1.165, 1.54) is 42.0 Å². The maximum absolute atomic E-state index is 6.22. The summed E-state index contributed by atoms with van der Waals surface area (Å²) >= 11 is 0. The zero-order chi connectivity index (χ0) is 13.8. The number of benzene rings is 2. The van der Waals surface area contributed by atoms with Crippen molar-refractivity contribution in [3.63, 3.8) is 0 Å². The van der Waals surface area contributed by atoms with Crippen LogP contribution in [0, 0.1) is 0 Å². The third kappa shape index (κ3) is 2.87. The highest BCUT2D eigenvalue weighted by Gasteiger charge is 2.24. The third-order valence-corrected chi connectivity index (χ3v) is 4.41. The molecule has 2 heteroatoms. The highest BCUT2D eigenvalue weighted by atomic mass is 16.5. The molecule has 0 bridgehead atoms. The number of rotatable bonds is 4. The Morgan fingerprint density at radius 1 is 1.05 bits per heavy atom. The molecule has 0 radical (unpaired) electrons. The molecule has 2 atom stereocenters. The molecule has 1 saturated carbocycles. The Bertz CT molecular complexity index is 561. The van der Waals surface area contributed by atoms with Crippen molar-refractivity contribution in [2.75, 3.05) is 7.05 Å².